The van der Waals surface area contributed by atoms with Gasteiger partial charge >= 0.3 is 15.6 Å². The van der Waals surface area contributed by atoms with Gasteiger partial charge < -0.3 is 24.1 Å². The summed E-state index contributed by atoms with van der Waals surface area (Å²) in [6.07, 6.45) is 5.48. The highest BCUT2D eigenvalue weighted by Gasteiger charge is 2.50. The predicted octanol–water partition coefficient (Wildman–Crippen LogP) is 3.05. The van der Waals surface area contributed by atoms with Gasteiger partial charge in [-0.2, -0.15) is 21.6 Å². The number of pyridine rings is 1. The van der Waals surface area contributed by atoms with Crippen molar-refractivity contribution in [3.8, 4) is 17.4 Å². The van der Waals surface area contributed by atoms with Gasteiger partial charge in [-0.15, -0.1) is 0 Å². The number of fused-ring (bicyclic) bond motifs is 4. The monoisotopic (exact) mass is 497 g/mol. The van der Waals surface area contributed by atoms with E-state index in [-0.39, 0.29) is 35.2 Å². The van der Waals surface area contributed by atoms with Crippen LogP contribution in [-0.2, 0) is 25.1 Å². The molecular weight excluding hydrogens is 479 g/mol. The zero-order valence-corrected chi connectivity index (χ0v) is 18.4. The number of alkyl halides is 3. The SMILES string of the molecule is CC1(/C=C/c2cnc3c(c2)[C@]2(COC(N)=N2)c2cc(OS(=O)(=O)C(F)(F)F)ccc2O3)COC1. The van der Waals surface area contributed by atoms with E-state index in [0.29, 0.717) is 24.3 Å². The van der Waals surface area contributed by atoms with Crippen LogP contribution in [0.5, 0.6) is 17.4 Å². The van der Waals surface area contributed by atoms with Crippen molar-refractivity contribution in [1.82, 2.24) is 4.98 Å². The molecule has 1 aromatic heterocycles. The number of benzene rings is 1. The molecule has 9 nitrogen and oxygen atoms in total. The normalized spacial score (nSPS) is 22.9. The van der Waals surface area contributed by atoms with Crippen molar-refractivity contribution in [2.45, 2.75) is 18.0 Å². The molecule has 3 aliphatic heterocycles. The number of rotatable bonds is 4. The lowest BCUT2D eigenvalue weighted by atomic mass is 9.81. The smallest absolute Gasteiger partial charge is 0.462 e. The molecule has 3 aliphatic rings. The first-order valence-corrected chi connectivity index (χ1v) is 11.4. The van der Waals surface area contributed by atoms with E-state index in [2.05, 4.69) is 14.2 Å². The molecular formula is C21H18F3N3O6S. The molecule has 0 radical (unpaired) electrons. The minimum Gasteiger partial charge on any atom is -0.462 e. The molecule has 180 valence electrons. The average molecular weight is 497 g/mol. The van der Waals surface area contributed by atoms with Gasteiger partial charge in [0, 0.05) is 17.2 Å². The Hall–Kier alpha value is -3.32. The summed E-state index contributed by atoms with van der Waals surface area (Å²) in [5, 5.41) is 0. The van der Waals surface area contributed by atoms with Gasteiger partial charge in [0.15, 0.2) is 5.54 Å². The first-order valence-electron chi connectivity index (χ1n) is 10.00. The van der Waals surface area contributed by atoms with E-state index < -0.39 is 26.9 Å². The number of aliphatic imine (C=N–C) groups is 1. The van der Waals surface area contributed by atoms with Gasteiger partial charge in [-0.05, 0) is 29.8 Å². The largest absolute Gasteiger partial charge is 0.534 e. The highest BCUT2D eigenvalue weighted by Crippen LogP contribution is 2.51. The lowest BCUT2D eigenvalue weighted by Gasteiger charge is -2.35. The second-order valence-corrected chi connectivity index (χ2v) is 9.98. The number of hydrogen-bond donors (Lipinski definition) is 1. The number of ether oxygens (including phenoxy) is 3. The van der Waals surface area contributed by atoms with Crippen LogP contribution in [0.25, 0.3) is 6.08 Å². The Labute approximate surface area is 192 Å². The first kappa shape index (κ1) is 22.5. The molecule has 0 aliphatic carbocycles. The molecule has 34 heavy (non-hydrogen) atoms. The Bertz CT molecular complexity index is 1340. The van der Waals surface area contributed by atoms with Crippen molar-refractivity contribution in [3.63, 3.8) is 0 Å². The van der Waals surface area contributed by atoms with E-state index in [9.17, 15) is 21.6 Å². The van der Waals surface area contributed by atoms with E-state index in [1.807, 2.05) is 19.1 Å². The summed E-state index contributed by atoms with van der Waals surface area (Å²) < 4.78 is 82.2. The van der Waals surface area contributed by atoms with Crippen molar-refractivity contribution in [2.24, 2.45) is 16.1 Å². The topological polar surface area (TPSA) is 122 Å². The highest BCUT2D eigenvalue weighted by molar-refractivity contribution is 7.88. The number of amidine groups is 1. The van der Waals surface area contributed by atoms with Crippen LogP contribution in [0.2, 0.25) is 0 Å². The average Bonchev–Trinajstić information content (AvgIpc) is 3.13. The van der Waals surface area contributed by atoms with E-state index >= 15 is 0 Å². The lowest BCUT2D eigenvalue weighted by Crippen LogP contribution is -2.37. The summed E-state index contributed by atoms with van der Waals surface area (Å²) in [6, 6.07) is 5.05. The quantitative estimate of drug-likeness (QED) is 0.505. The first-order chi connectivity index (χ1) is 15.9. The Morgan fingerprint density at radius 2 is 1.94 bits per heavy atom. The molecule has 1 spiro atoms. The van der Waals surface area contributed by atoms with Gasteiger partial charge in [0.2, 0.25) is 5.88 Å². The van der Waals surface area contributed by atoms with Crippen molar-refractivity contribution < 1.29 is 40.0 Å². The van der Waals surface area contributed by atoms with E-state index in [0.717, 1.165) is 12.1 Å². The molecule has 0 unspecified atom stereocenters. The van der Waals surface area contributed by atoms with Gasteiger partial charge in [0.1, 0.15) is 18.1 Å². The highest BCUT2D eigenvalue weighted by atomic mass is 32.2. The fraction of sp³-hybridized carbons (Fsp3) is 0.333. The van der Waals surface area contributed by atoms with Crippen molar-refractivity contribution in [3.05, 3.63) is 53.2 Å². The molecule has 13 heteroatoms. The molecule has 2 aromatic rings. The Morgan fingerprint density at radius 1 is 1.18 bits per heavy atom. The molecule has 1 aromatic carbocycles. The molecule has 1 atom stereocenters. The molecule has 0 bridgehead atoms. The number of aromatic nitrogens is 1. The summed E-state index contributed by atoms with van der Waals surface area (Å²) in [4.78, 5) is 8.78. The van der Waals surface area contributed by atoms with Gasteiger partial charge in [-0.3, -0.25) is 0 Å². The fourth-order valence-electron chi connectivity index (χ4n) is 3.86. The van der Waals surface area contributed by atoms with Gasteiger partial charge in [-0.25, -0.2) is 9.98 Å². The number of nitrogens with zero attached hydrogens (tertiary/aromatic N) is 2. The standard InChI is InChI=1S/C21H18F3N3O6S/c1-19(9-30-10-19)5-4-12-6-15-17(26-8-12)32-16-3-2-13(33-34(28,29)21(22,23)24)7-14(16)20(15)11-31-18(25)27-20/h2-8H,9-11H2,1H3,(H2,25,27)/b5-4+/t20-/m0/s1. The number of halogens is 3. The summed E-state index contributed by atoms with van der Waals surface area (Å²) in [7, 11) is -5.87. The van der Waals surface area contributed by atoms with Crippen LogP contribution in [0, 0.1) is 5.41 Å². The zero-order chi connectivity index (χ0) is 24.4. The third kappa shape index (κ3) is 3.64. The van der Waals surface area contributed by atoms with Crippen molar-refractivity contribution >= 4 is 22.2 Å². The van der Waals surface area contributed by atoms with Crippen LogP contribution in [0.4, 0.5) is 13.2 Å². The summed E-state index contributed by atoms with van der Waals surface area (Å²) in [6.45, 7) is 3.14. The zero-order valence-electron chi connectivity index (χ0n) is 17.6. The molecule has 1 fully saturated rings. The van der Waals surface area contributed by atoms with Crippen LogP contribution in [0.1, 0.15) is 23.6 Å². The van der Waals surface area contributed by atoms with E-state index in [1.165, 1.54) is 6.07 Å². The van der Waals surface area contributed by atoms with Crippen LogP contribution in [0.15, 0.2) is 41.5 Å². The minimum absolute atomic E-state index is 0.0913. The fourth-order valence-corrected chi connectivity index (χ4v) is 4.31. The van der Waals surface area contributed by atoms with Gasteiger partial charge in [0.25, 0.3) is 6.02 Å². The third-order valence-electron chi connectivity index (χ3n) is 5.68. The second kappa shape index (κ2) is 7.34. The van der Waals surface area contributed by atoms with Crippen LogP contribution >= 0.6 is 0 Å². The Morgan fingerprint density at radius 3 is 2.56 bits per heavy atom. The maximum Gasteiger partial charge on any atom is 0.534 e. The molecule has 5 rings (SSSR count). The summed E-state index contributed by atoms with van der Waals surface area (Å²) in [5.74, 6) is -0.159. The summed E-state index contributed by atoms with van der Waals surface area (Å²) >= 11 is 0. The Balaban J connectivity index is 1.58. The van der Waals surface area contributed by atoms with Crippen LogP contribution in [-0.4, -0.2) is 44.8 Å². The van der Waals surface area contributed by atoms with E-state index in [4.69, 9.17) is 19.9 Å². The summed E-state index contributed by atoms with van der Waals surface area (Å²) in [5.41, 5.74) is 0.177. The molecule has 2 N–H and O–H groups in total. The maximum atomic E-state index is 12.8. The minimum atomic E-state index is -5.87. The molecule has 4 heterocycles. The lowest BCUT2D eigenvalue weighted by molar-refractivity contribution is -0.0703. The van der Waals surface area contributed by atoms with E-state index in [1.54, 1.807) is 12.3 Å². The number of hydrogen-bond acceptors (Lipinski definition) is 9. The molecule has 1 saturated heterocycles. The van der Waals surface area contributed by atoms with Crippen molar-refractivity contribution in [1.29, 1.82) is 0 Å². The van der Waals surface area contributed by atoms with Gasteiger partial charge in [0.05, 0.1) is 18.8 Å². The Kier molecular flexibility index (Phi) is 4.85. The third-order valence-corrected chi connectivity index (χ3v) is 6.66. The van der Waals surface area contributed by atoms with Crippen LogP contribution < -0.4 is 14.7 Å². The number of nitrogens with two attached hydrogens (primary N) is 1. The molecule has 0 amide bonds. The molecule has 0 saturated carbocycles. The van der Waals surface area contributed by atoms with Crippen molar-refractivity contribution in [2.75, 3.05) is 19.8 Å². The van der Waals surface area contributed by atoms with Crippen LogP contribution in [0.3, 0.4) is 0 Å². The second-order valence-electron chi connectivity index (χ2n) is 8.44. The maximum absolute atomic E-state index is 12.8. The predicted molar refractivity (Wildman–Crippen MR) is 113 cm³/mol. The van der Waals surface area contributed by atoms with Gasteiger partial charge in [-0.1, -0.05) is 19.1 Å².